The van der Waals surface area contributed by atoms with Crippen LogP contribution in [0.2, 0.25) is 0 Å². The number of carbonyl (C=O) groups excluding carboxylic acids is 2. The van der Waals surface area contributed by atoms with E-state index in [1.165, 1.54) is 36.4 Å². The predicted molar refractivity (Wildman–Crippen MR) is 98.0 cm³/mol. The van der Waals surface area contributed by atoms with Crippen LogP contribution < -0.4 is 9.47 Å². The molecule has 0 fully saturated rings. The molecular formula is C21H20FNO4. The first kappa shape index (κ1) is 18.6. The average Bonchev–Trinajstić information content (AvgIpc) is 2.68. The molecule has 2 aromatic carbocycles. The molecule has 5 nitrogen and oxygen atoms in total. The van der Waals surface area contributed by atoms with Crippen LogP contribution in [-0.4, -0.2) is 30.8 Å². The van der Waals surface area contributed by atoms with Gasteiger partial charge in [-0.25, -0.2) is 4.39 Å². The number of allylic oxidation sites excluding steroid dienone is 1. The van der Waals surface area contributed by atoms with Crippen molar-refractivity contribution >= 4 is 11.7 Å². The average molecular weight is 369 g/mol. The van der Waals surface area contributed by atoms with Crippen LogP contribution in [0.15, 0.2) is 54.7 Å². The molecule has 0 saturated heterocycles. The number of rotatable bonds is 5. The Hall–Kier alpha value is -3.15. The van der Waals surface area contributed by atoms with Crippen LogP contribution in [0.1, 0.15) is 23.6 Å². The van der Waals surface area contributed by atoms with E-state index in [1.807, 2.05) is 0 Å². The molecule has 6 heteroatoms. The van der Waals surface area contributed by atoms with Gasteiger partial charge in [-0.05, 0) is 41.5 Å². The van der Waals surface area contributed by atoms with Gasteiger partial charge in [-0.15, -0.1) is 0 Å². The van der Waals surface area contributed by atoms with Crippen LogP contribution in [0.25, 0.3) is 0 Å². The van der Waals surface area contributed by atoms with E-state index in [1.54, 1.807) is 37.4 Å². The van der Waals surface area contributed by atoms with E-state index >= 15 is 0 Å². The molecule has 0 unspecified atom stereocenters. The lowest BCUT2D eigenvalue weighted by Crippen LogP contribution is -2.35. The summed E-state index contributed by atoms with van der Waals surface area (Å²) in [6.45, 7) is 0. The molecule has 0 N–H and O–H groups in total. The third-order valence-electron chi connectivity index (χ3n) is 4.50. The highest BCUT2D eigenvalue weighted by Crippen LogP contribution is 2.31. The van der Waals surface area contributed by atoms with Crippen molar-refractivity contribution in [3.05, 3.63) is 71.7 Å². The first-order chi connectivity index (χ1) is 13.0. The van der Waals surface area contributed by atoms with Crippen molar-refractivity contribution in [1.82, 2.24) is 4.90 Å². The monoisotopic (exact) mass is 369 g/mol. The van der Waals surface area contributed by atoms with Crippen LogP contribution >= 0.6 is 0 Å². The van der Waals surface area contributed by atoms with Gasteiger partial charge in [-0.3, -0.25) is 9.59 Å². The highest BCUT2D eigenvalue weighted by atomic mass is 19.1. The number of nitrogens with zero attached hydrogens (tertiary/aromatic N) is 1. The molecule has 1 heterocycles. The van der Waals surface area contributed by atoms with Crippen molar-refractivity contribution in [1.29, 1.82) is 0 Å². The summed E-state index contributed by atoms with van der Waals surface area (Å²) in [6.07, 6.45) is 3.20. The Morgan fingerprint density at radius 1 is 1.11 bits per heavy atom. The Kier molecular flexibility index (Phi) is 5.54. The van der Waals surface area contributed by atoms with Gasteiger partial charge >= 0.3 is 0 Å². The molecule has 0 saturated carbocycles. The summed E-state index contributed by atoms with van der Waals surface area (Å²) < 4.78 is 23.7. The predicted octanol–water partition coefficient (Wildman–Crippen LogP) is 3.44. The zero-order valence-corrected chi connectivity index (χ0v) is 15.1. The molecule has 2 aromatic rings. The maximum absolute atomic E-state index is 13.2. The molecule has 1 amide bonds. The molecule has 0 aliphatic carbocycles. The van der Waals surface area contributed by atoms with E-state index in [0.717, 1.165) is 11.1 Å². The van der Waals surface area contributed by atoms with Crippen LogP contribution in [-0.2, 0) is 16.0 Å². The second-order valence-electron chi connectivity index (χ2n) is 6.22. The summed E-state index contributed by atoms with van der Waals surface area (Å²) in [7, 11) is 3.08. The standard InChI is InChI=1S/C21H20FNO4/c1-26-19-8-3-14(11-20(19)27-2)12-21(25)23-10-9-17(24)13-18(23)15-4-6-16(22)7-5-15/h3-11,18H,12-13H2,1-2H3/t18-/m0/s1. The lowest BCUT2D eigenvalue weighted by molar-refractivity contribution is -0.131. The highest BCUT2D eigenvalue weighted by Gasteiger charge is 2.28. The fourth-order valence-electron chi connectivity index (χ4n) is 3.10. The summed E-state index contributed by atoms with van der Waals surface area (Å²) in [6, 6.07) is 10.7. The van der Waals surface area contributed by atoms with E-state index in [2.05, 4.69) is 0 Å². The van der Waals surface area contributed by atoms with E-state index in [-0.39, 0.29) is 30.3 Å². The summed E-state index contributed by atoms with van der Waals surface area (Å²) in [4.78, 5) is 26.3. The zero-order chi connectivity index (χ0) is 19.4. The molecule has 0 radical (unpaired) electrons. The molecule has 0 aromatic heterocycles. The quantitative estimate of drug-likeness (QED) is 0.810. The van der Waals surface area contributed by atoms with Crippen molar-refractivity contribution < 1.29 is 23.5 Å². The first-order valence-electron chi connectivity index (χ1n) is 8.50. The molecule has 0 spiro atoms. The second kappa shape index (κ2) is 8.03. The smallest absolute Gasteiger partial charge is 0.231 e. The van der Waals surface area contributed by atoms with Crippen LogP contribution in [0.5, 0.6) is 11.5 Å². The third kappa shape index (κ3) is 4.16. The van der Waals surface area contributed by atoms with Crippen molar-refractivity contribution in [3.63, 3.8) is 0 Å². The lowest BCUT2D eigenvalue weighted by atomic mass is 9.96. The third-order valence-corrected chi connectivity index (χ3v) is 4.50. The van der Waals surface area contributed by atoms with Gasteiger partial charge in [0.2, 0.25) is 5.91 Å². The van der Waals surface area contributed by atoms with E-state index in [0.29, 0.717) is 11.5 Å². The number of ether oxygens (including phenoxy) is 2. The SMILES string of the molecule is COc1ccc(CC(=O)N2C=CC(=O)C[C@H]2c2ccc(F)cc2)cc1OC. The van der Waals surface area contributed by atoms with E-state index < -0.39 is 6.04 Å². The maximum atomic E-state index is 13.2. The second-order valence-corrected chi connectivity index (χ2v) is 6.22. The number of halogens is 1. The number of carbonyl (C=O) groups is 2. The molecule has 27 heavy (non-hydrogen) atoms. The Labute approximate surface area is 157 Å². The van der Waals surface area contributed by atoms with Crippen molar-refractivity contribution in [2.24, 2.45) is 0 Å². The fourth-order valence-corrected chi connectivity index (χ4v) is 3.10. The van der Waals surface area contributed by atoms with Crippen LogP contribution in [0.4, 0.5) is 4.39 Å². The maximum Gasteiger partial charge on any atom is 0.231 e. The molecule has 140 valence electrons. The number of ketones is 1. The number of methoxy groups -OCH3 is 2. The molecule has 1 aliphatic heterocycles. The van der Waals surface area contributed by atoms with Gasteiger partial charge < -0.3 is 14.4 Å². The number of benzene rings is 2. The van der Waals surface area contributed by atoms with Gasteiger partial charge in [0, 0.05) is 12.6 Å². The van der Waals surface area contributed by atoms with E-state index in [4.69, 9.17) is 9.47 Å². The Bertz CT molecular complexity index is 876. The van der Waals surface area contributed by atoms with Gasteiger partial charge in [0.15, 0.2) is 17.3 Å². The topological polar surface area (TPSA) is 55.8 Å². The Balaban J connectivity index is 1.84. The molecule has 3 rings (SSSR count). The van der Waals surface area contributed by atoms with Crippen molar-refractivity contribution in [3.8, 4) is 11.5 Å². The minimum atomic E-state index is -0.448. The number of hydrogen-bond donors (Lipinski definition) is 0. The van der Waals surface area contributed by atoms with Crippen LogP contribution in [0, 0.1) is 5.82 Å². The Morgan fingerprint density at radius 2 is 1.81 bits per heavy atom. The molecule has 1 aliphatic rings. The molecular weight excluding hydrogens is 349 g/mol. The first-order valence-corrected chi connectivity index (χ1v) is 8.50. The van der Waals surface area contributed by atoms with Gasteiger partial charge in [0.25, 0.3) is 0 Å². The molecule has 0 bridgehead atoms. The molecule has 1 atom stereocenters. The normalized spacial score (nSPS) is 16.3. The largest absolute Gasteiger partial charge is 0.493 e. The van der Waals surface area contributed by atoms with Crippen LogP contribution in [0.3, 0.4) is 0 Å². The van der Waals surface area contributed by atoms with Crippen molar-refractivity contribution in [2.45, 2.75) is 18.9 Å². The number of amides is 1. The zero-order valence-electron chi connectivity index (χ0n) is 15.1. The fraction of sp³-hybridized carbons (Fsp3) is 0.238. The minimum Gasteiger partial charge on any atom is -0.493 e. The van der Waals surface area contributed by atoms with Gasteiger partial charge in [-0.1, -0.05) is 18.2 Å². The summed E-state index contributed by atoms with van der Waals surface area (Å²) in [5.74, 6) is 0.531. The Morgan fingerprint density at radius 3 is 2.48 bits per heavy atom. The van der Waals surface area contributed by atoms with Crippen molar-refractivity contribution in [2.75, 3.05) is 14.2 Å². The lowest BCUT2D eigenvalue weighted by Gasteiger charge is -2.31. The van der Waals surface area contributed by atoms with Gasteiger partial charge in [0.1, 0.15) is 5.82 Å². The van der Waals surface area contributed by atoms with Gasteiger partial charge in [-0.2, -0.15) is 0 Å². The highest BCUT2D eigenvalue weighted by molar-refractivity contribution is 5.93. The summed E-state index contributed by atoms with van der Waals surface area (Å²) >= 11 is 0. The summed E-state index contributed by atoms with van der Waals surface area (Å²) in [5, 5.41) is 0. The summed E-state index contributed by atoms with van der Waals surface area (Å²) in [5.41, 5.74) is 1.48. The van der Waals surface area contributed by atoms with Gasteiger partial charge in [0.05, 0.1) is 26.7 Å². The minimum absolute atomic E-state index is 0.0699. The number of hydrogen-bond acceptors (Lipinski definition) is 4. The van der Waals surface area contributed by atoms with E-state index in [9.17, 15) is 14.0 Å².